The Kier molecular flexibility index (Phi) is 5.42. The van der Waals surface area contributed by atoms with Crippen molar-refractivity contribution in [3.8, 4) is 11.4 Å². The fourth-order valence-corrected chi connectivity index (χ4v) is 2.76. The third-order valence-corrected chi connectivity index (χ3v) is 4.34. The smallest absolute Gasteiger partial charge is 0.246 e. The van der Waals surface area contributed by atoms with Crippen molar-refractivity contribution in [1.29, 1.82) is 0 Å². The molecular weight excluding hydrogens is 330 g/mol. The molecule has 2 heterocycles. The van der Waals surface area contributed by atoms with Crippen molar-refractivity contribution in [1.82, 2.24) is 25.5 Å². The van der Waals surface area contributed by atoms with Crippen LogP contribution in [-0.4, -0.2) is 45.9 Å². The largest absolute Gasteiger partial charge is 0.381 e. The van der Waals surface area contributed by atoms with E-state index < -0.39 is 6.04 Å². The fraction of sp³-hybridized carbons (Fsp3) is 0.500. The quantitative estimate of drug-likeness (QED) is 0.863. The first-order valence-corrected chi connectivity index (χ1v) is 8.46. The minimum atomic E-state index is -0.471. The van der Waals surface area contributed by atoms with E-state index in [1.54, 1.807) is 12.1 Å². The topological polar surface area (TPSA) is 81.9 Å². The molecule has 24 heavy (non-hydrogen) atoms. The first-order chi connectivity index (χ1) is 11.7. The minimum absolute atomic E-state index is 0.0931. The molecule has 0 saturated carbocycles. The van der Waals surface area contributed by atoms with E-state index in [0.29, 0.717) is 36.3 Å². The average Bonchev–Trinajstić information content (AvgIpc) is 3.26. The van der Waals surface area contributed by atoms with Crippen LogP contribution in [-0.2, 0) is 9.53 Å². The monoisotopic (exact) mass is 349 g/mol. The molecule has 1 fully saturated rings. The van der Waals surface area contributed by atoms with Crippen LogP contribution < -0.4 is 5.32 Å². The fourth-order valence-electron chi connectivity index (χ4n) is 2.63. The van der Waals surface area contributed by atoms with E-state index in [-0.39, 0.29) is 5.91 Å². The van der Waals surface area contributed by atoms with Crippen LogP contribution in [0.4, 0.5) is 0 Å². The van der Waals surface area contributed by atoms with Gasteiger partial charge < -0.3 is 10.1 Å². The number of tetrazole rings is 1. The molecule has 7 nitrogen and oxygen atoms in total. The molecule has 2 atom stereocenters. The Balaban J connectivity index is 1.66. The van der Waals surface area contributed by atoms with Crippen molar-refractivity contribution in [3.05, 3.63) is 29.3 Å². The normalized spacial score (nSPS) is 18.5. The van der Waals surface area contributed by atoms with Gasteiger partial charge in [-0.2, -0.15) is 4.80 Å². The van der Waals surface area contributed by atoms with Crippen molar-refractivity contribution >= 4 is 17.5 Å². The highest BCUT2D eigenvalue weighted by Crippen LogP contribution is 2.18. The predicted molar refractivity (Wildman–Crippen MR) is 89.5 cm³/mol. The van der Waals surface area contributed by atoms with Gasteiger partial charge in [-0.05, 0) is 42.3 Å². The Bertz CT molecular complexity index is 682. The van der Waals surface area contributed by atoms with E-state index in [1.165, 1.54) is 4.80 Å². The third kappa shape index (κ3) is 3.91. The molecule has 0 unspecified atom stereocenters. The van der Waals surface area contributed by atoms with Gasteiger partial charge >= 0.3 is 0 Å². The lowest BCUT2D eigenvalue weighted by Crippen LogP contribution is -2.36. The van der Waals surface area contributed by atoms with Gasteiger partial charge in [0.2, 0.25) is 11.7 Å². The van der Waals surface area contributed by atoms with Gasteiger partial charge in [-0.25, -0.2) is 0 Å². The Morgan fingerprint density at radius 3 is 2.92 bits per heavy atom. The zero-order chi connectivity index (χ0) is 16.9. The lowest BCUT2D eigenvalue weighted by atomic mass is 10.1. The summed E-state index contributed by atoms with van der Waals surface area (Å²) in [6.07, 6.45) is 1.57. The summed E-state index contributed by atoms with van der Waals surface area (Å²) in [6.45, 7) is 4.02. The second-order valence-electron chi connectivity index (χ2n) is 5.84. The SMILES string of the molecule is CC[C@H](C(=O)NC[C@@H]1CCOC1)n1nnc(-c2ccc(Cl)cc2)n1. The van der Waals surface area contributed by atoms with Crippen molar-refractivity contribution in [2.75, 3.05) is 19.8 Å². The van der Waals surface area contributed by atoms with E-state index in [2.05, 4.69) is 20.7 Å². The maximum absolute atomic E-state index is 12.4. The number of ether oxygens (including phenoxy) is 1. The summed E-state index contributed by atoms with van der Waals surface area (Å²) in [6, 6.07) is 6.72. The molecular formula is C16H20ClN5O2. The van der Waals surface area contributed by atoms with Gasteiger partial charge in [0.05, 0.1) is 6.61 Å². The number of carbonyl (C=O) groups is 1. The molecule has 1 N–H and O–H groups in total. The van der Waals surface area contributed by atoms with Gasteiger partial charge in [-0.1, -0.05) is 18.5 Å². The number of rotatable bonds is 6. The molecule has 0 bridgehead atoms. The van der Waals surface area contributed by atoms with Gasteiger partial charge in [0.15, 0.2) is 6.04 Å². The van der Waals surface area contributed by atoms with E-state index in [4.69, 9.17) is 16.3 Å². The summed E-state index contributed by atoms with van der Waals surface area (Å²) < 4.78 is 5.32. The highest BCUT2D eigenvalue weighted by molar-refractivity contribution is 6.30. The van der Waals surface area contributed by atoms with Crippen LogP contribution in [0.5, 0.6) is 0 Å². The molecule has 1 amide bonds. The summed E-state index contributed by atoms with van der Waals surface area (Å²) >= 11 is 5.88. The predicted octanol–water partition coefficient (Wildman–Crippen LogP) is 2.10. The van der Waals surface area contributed by atoms with Crippen LogP contribution in [0.1, 0.15) is 25.8 Å². The van der Waals surface area contributed by atoms with E-state index >= 15 is 0 Å². The molecule has 1 aromatic carbocycles. The van der Waals surface area contributed by atoms with E-state index in [0.717, 1.165) is 18.6 Å². The maximum atomic E-state index is 12.4. The molecule has 128 valence electrons. The molecule has 3 rings (SSSR count). The molecule has 0 spiro atoms. The van der Waals surface area contributed by atoms with Crippen LogP contribution in [0.15, 0.2) is 24.3 Å². The Labute approximate surface area is 145 Å². The second kappa shape index (κ2) is 7.72. The minimum Gasteiger partial charge on any atom is -0.381 e. The summed E-state index contributed by atoms with van der Waals surface area (Å²) in [4.78, 5) is 13.8. The van der Waals surface area contributed by atoms with Crippen molar-refractivity contribution < 1.29 is 9.53 Å². The van der Waals surface area contributed by atoms with Crippen LogP contribution in [0.2, 0.25) is 5.02 Å². The Hall–Kier alpha value is -1.99. The maximum Gasteiger partial charge on any atom is 0.246 e. The van der Waals surface area contributed by atoms with Crippen LogP contribution >= 0.6 is 11.6 Å². The lowest BCUT2D eigenvalue weighted by Gasteiger charge is -2.15. The molecule has 0 radical (unpaired) electrons. The highest BCUT2D eigenvalue weighted by atomic mass is 35.5. The first-order valence-electron chi connectivity index (χ1n) is 8.08. The number of nitrogens with one attached hydrogen (secondary N) is 1. The number of aromatic nitrogens is 4. The van der Waals surface area contributed by atoms with Crippen LogP contribution in [0.3, 0.4) is 0 Å². The summed E-state index contributed by atoms with van der Waals surface area (Å²) in [7, 11) is 0. The zero-order valence-corrected chi connectivity index (χ0v) is 14.2. The van der Waals surface area contributed by atoms with Crippen molar-refractivity contribution in [2.45, 2.75) is 25.8 Å². The van der Waals surface area contributed by atoms with Gasteiger partial charge in [0, 0.05) is 29.7 Å². The van der Waals surface area contributed by atoms with Gasteiger partial charge in [0.25, 0.3) is 0 Å². The highest BCUT2D eigenvalue weighted by Gasteiger charge is 2.23. The number of benzene rings is 1. The molecule has 8 heteroatoms. The van der Waals surface area contributed by atoms with E-state index in [9.17, 15) is 4.79 Å². The molecule has 0 aliphatic carbocycles. The first kappa shape index (κ1) is 16.9. The zero-order valence-electron chi connectivity index (χ0n) is 13.5. The number of halogens is 1. The number of amides is 1. The van der Waals surface area contributed by atoms with Gasteiger partial charge in [-0.3, -0.25) is 4.79 Å². The van der Waals surface area contributed by atoms with Crippen LogP contribution in [0, 0.1) is 5.92 Å². The Morgan fingerprint density at radius 2 is 2.25 bits per heavy atom. The van der Waals surface area contributed by atoms with Gasteiger partial charge in [-0.15, -0.1) is 10.2 Å². The van der Waals surface area contributed by atoms with E-state index in [1.807, 2.05) is 19.1 Å². The third-order valence-electron chi connectivity index (χ3n) is 4.09. The number of hydrogen-bond donors (Lipinski definition) is 1. The molecule has 1 saturated heterocycles. The number of hydrogen-bond acceptors (Lipinski definition) is 5. The molecule has 1 aliphatic rings. The van der Waals surface area contributed by atoms with Crippen LogP contribution in [0.25, 0.3) is 11.4 Å². The summed E-state index contributed by atoms with van der Waals surface area (Å²) in [5.74, 6) is 0.770. The second-order valence-corrected chi connectivity index (χ2v) is 6.28. The molecule has 1 aromatic heterocycles. The van der Waals surface area contributed by atoms with Crippen molar-refractivity contribution in [2.24, 2.45) is 5.92 Å². The standard InChI is InChI=1S/C16H20ClN5O2/c1-2-14(16(23)18-9-11-7-8-24-10-11)22-20-15(19-21-22)12-3-5-13(17)6-4-12/h3-6,11,14H,2,7-10H2,1H3,(H,18,23)/t11-,14+/m0/s1. The van der Waals surface area contributed by atoms with Crippen molar-refractivity contribution in [3.63, 3.8) is 0 Å². The number of nitrogens with zero attached hydrogens (tertiary/aromatic N) is 4. The average molecular weight is 350 g/mol. The van der Waals surface area contributed by atoms with Gasteiger partial charge in [0.1, 0.15) is 0 Å². The summed E-state index contributed by atoms with van der Waals surface area (Å²) in [5, 5.41) is 16.0. The molecule has 2 aromatic rings. The molecule has 1 aliphatic heterocycles. The summed E-state index contributed by atoms with van der Waals surface area (Å²) in [5.41, 5.74) is 0.809. The Morgan fingerprint density at radius 1 is 1.46 bits per heavy atom. The lowest BCUT2D eigenvalue weighted by molar-refractivity contribution is -0.125. The number of carbonyl (C=O) groups excluding carboxylic acids is 1.